The highest BCUT2D eigenvalue weighted by Crippen LogP contribution is 2.27. The second-order valence-electron chi connectivity index (χ2n) is 7.00. The van der Waals surface area contributed by atoms with Gasteiger partial charge in [-0.15, -0.1) is 23.1 Å². The van der Waals surface area contributed by atoms with Gasteiger partial charge in [-0.1, -0.05) is 32.9 Å². The molecule has 1 aliphatic heterocycles. The predicted octanol–water partition coefficient (Wildman–Crippen LogP) is 4.72. The molecule has 0 unspecified atom stereocenters. The van der Waals surface area contributed by atoms with Crippen LogP contribution in [0.5, 0.6) is 0 Å². The maximum atomic E-state index is 12.4. The average molecular weight is 346 g/mol. The van der Waals surface area contributed by atoms with Gasteiger partial charge in [-0.3, -0.25) is 4.79 Å². The van der Waals surface area contributed by atoms with Crippen LogP contribution in [0.25, 0.3) is 0 Å². The van der Waals surface area contributed by atoms with Crippen molar-refractivity contribution < 1.29 is 4.79 Å². The van der Waals surface area contributed by atoms with Crippen molar-refractivity contribution in [3.63, 3.8) is 0 Å². The molecule has 2 aromatic rings. The number of carbonyl (C=O) groups is 1. The van der Waals surface area contributed by atoms with Gasteiger partial charge in [0.2, 0.25) is 5.91 Å². The molecule has 2 heterocycles. The van der Waals surface area contributed by atoms with Crippen LogP contribution in [0.2, 0.25) is 0 Å². The van der Waals surface area contributed by atoms with E-state index in [1.54, 1.807) is 11.8 Å². The molecular formula is C19H23NOS2. The van der Waals surface area contributed by atoms with E-state index in [9.17, 15) is 4.79 Å². The van der Waals surface area contributed by atoms with E-state index in [4.69, 9.17) is 0 Å². The molecular weight excluding hydrogens is 322 g/mol. The van der Waals surface area contributed by atoms with Gasteiger partial charge in [0.05, 0.1) is 5.75 Å². The molecule has 2 nitrogen and oxygen atoms in total. The third kappa shape index (κ3) is 3.99. The molecule has 4 heteroatoms. The summed E-state index contributed by atoms with van der Waals surface area (Å²) < 4.78 is 0. The fraction of sp³-hybridized carbons (Fsp3) is 0.421. The maximum absolute atomic E-state index is 12.4. The van der Waals surface area contributed by atoms with Crippen LogP contribution in [0.15, 0.2) is 40.6 Å². The van der Waals surface area contributed by atoms with Crippen LogP contribution in [-0.4, -0.2) is 23.1 Å². The molecule has 122 valence electrons. The van der Waals surface area contributed by atoms with Gasteiger partial charge < -0.3 is 4.90 Å². The highest BCUT2D eigenvalue weighted by Gasteiger charge is 2.21. The number of thioether (sulfide) groups is 1. The van der Waals surface area contributed by atoms with Crippen LogP contribution in [-0.2, 0) is 23.2 Å². The van der Waals surface area contributed by atoms with Gasteiger partial charge in [-0.2, -0.15) is 0 Å². The Hall–Kier alpha value is -1.26. The standard InChI is InChI=1S/C19H23NOS2/c1-19(2,3)15-4-6-16(7-5-15)23-13-18(21)20-10-8-17-14(12-20)9-11-22-17/h4-7,9,11H,8,10,12-13H2,1-3H3. The Bertz CT molecular complexity index is 682. The van der Waals surface area contributed by atoms with Gasteiger partial charge in [0.25, 0.3) is 0 Å². The molecule has 1 aliphatic rings. The number of nitrogens with zero attached hydrogens (tertiary/aromatic N) is 1. The molecule has 0 atom stereocenters. The van der Waals surface area contributed by atoms with Crippen molar-refractivity contribution in [2.75, 3.05) is 12.3 Å². The van der Waals surface area contributed by atoms with Gasteiger partial charge in [0.15, 0.2) is 0 Å². The third-order valence-electron chi connectivity index (χ3n) is 4.24. The third-order valence-corrected chi connectivity index (χ3v) is 6.26. The van der Waals surface area contributed by atoms with E-state index in [-0.39, 0.29) is 11.3 Å². The van der Waals surface area contributed by atoms with Crippen molar-refractivity contribution in [3.05, 3.63) is 51.7 Å². The summed E-state index contributed by atoms with van der Waals surface area (Å²) in [6.45, 7) is 8.28. The average Bonchev–Trinajstić information content (AvgIpc) is 2.99. The zero-order valence-electron chi connectivity index (χ0n) is 14.0. The first kappa shape index (κ1) is 16.6. The molecule has 1 aromatic heterocycles. The molecule has 0 bridgehead atoms. The predicted molar refractivity (Wildman–Crippen MR) is 99.3 cm³/mol. The lowest BCUT2D eigenvalue weighted by Crippen LogP contribution is -2.36. The largest absolute Gasteiger partial charge is 0.337 e. The number of hydrogen-bond donors (Lipinski definition) is 0. The lowest BCUT2D eigenvalue weighted by atomic mass is 9.87. The van der Waals surface area contributed by atoms with Crippen molar-refractivity contribution in [2.45, 2.75) is 44.0 Å². The lowest BCUT2D eigenvalue weighted by Gasteiger charge is -2.27. The summed E-state index contributed by atoms with van der Waals surface area (Å²) in [7, 11) is 0. The van der Waals surface area contributed by atoms with Gasteiger partial charge in [0, 0.05) is 22.9 Å². The van der Waals surface area contributed by atoms with E-state index in [0.717, 1.165) is 19.5 Å². The highest BCUT2D eigenvalue weighted by molar-refractivity contribution is 8.00. The van der Waals surface area contributed by atoms with Crippen molar-refractivity contribution in [1.29, 1.82) is 0 Å². The quantitative estimate of drug-likeness (QED) is 0.750. The number of rotatable bonds is 3. The van der Waals surface area contributed by atoms with Crippen molar-refractivity contribution in [1.82, 2.24) is 4.90 Å². The Morgan fingerprint density at radius 1 is 1.22 bits per heavy atom. The number of fused-ring (bicyclic) bond motifs is 1. The monoisotopic (exact) mass is 345 g/mol. The number of hydrogen-bond acceptors (Lipinski definition) is 3. The summed E-state index contributed by atoms with van der Waals surface area (Å²) in [4.78, 5) is 17.0. The van der Waals surface area contributed by atoms with Crippen LogP contribution >= 0.6 is 23.1 Å². The van der Waals surface area contributed by atoms with Crippen LogP contribution in [0.4, 0.5) is 0 Å². The number of thiophene rings is 1. The Morgan fingerprint density at radius 3 is 2.65 bits per heavy atom. The summed E-state index contributed by atoms with van der Waals surface area (Å²) in [5.41, 5.74) is 2.83. The lowest BCUT2D eigenvalue weighted by molar-refractivity contribution is -0.129. The molecule has 0 saturated heterocycles. The first-order chi connectivity index (χ1) is 10.9. The Kier molecular flexibility index (Phi) is 4.83. The Balaban J connectivity index is 1.55. The number of carbonyl (C=O) groups excluding carboxylic acids is 1. The van der Waals surface area contributed by atoms with Gasteiger partial charge in [0.1, 0.15) is 0 Å². The molecule has 0 radical (unpaired) electrons. The molecule has 0 spiro atoms. The summed E-state index contributed by atoms with van der Waals surface area (Å²) in [5, 5.41) is 2.13. The fourth-order valence-electron chi connectivity index (χ4n) is 2.75. The van der Waals surface area contributed by atoms with Gasteiger partial charge in [-0.05, 0) is 46.5 Å². The Labute approximate surface area is 146 Å². The normalized spacial score (nSPS) is 14.7. The minimum atomic E-state index is 0.172. The first-order valence-corrected chi connectivity index (χ1v) is 9.86. The topological polar surface area (TPSA) is 20.3 Å². The van der Waals surface area contributed by atoms with Crippen molar-refractivity contribution in [3.8, 4) is 0 Å². The molecule has 0 saturated carbocycles. The summed E-state index contributed by atoms with van der Waals surface area (Å²) in [5.74, 6) is 0.765. The minimum Gasteiger partial charge on any atom is -0.337 e. The first-order valence-electron chi connectivity index (χ1n) is 8.00. The summed E-state index contributed by atoms with van der Waals surface area (Å²) >= 11 is 3.45. The Morgan fingerprint density at radius 2 is 1.96 bits per heavy atom. The van der Waals surface area contributed by atoms with E-state index < -0.39 is 0 Å². The minimum absolute atomic E-state index is 0.172. The summed E-state index contributed by atoms with van der Waals surface area (Å²) in [6, 6.07) is 10.8. The molecule has 23 heavy (non-hydrogen) atoms. The second-order valence-corrected chi connectivity index (χ2v) is 9.05. The fourth-order valence-corrected chi connectivity index (χ4v) is 4.44. The van der Waals surface area contributed by atoms with Gasteiger partial charge in [-0.25, -0.2) is 0 Å². The SMILES string of the molecule is CC(C)(C)c1ccc(SCC(=O)N2CCc3sccc3C2)cc1. The molecule has 3 rings (SSSR count). The van der Waals surface area contributed by atoms with E-state index >= 15 is 0 Å². The van der Waals surface area contributed by atoms with Crippen LogP contribution in [0.1, 0.15) is 36.8 Å². The van der Waals surface area contributed by atoms with E-state index in [1.165, 1.54) is 20.9 Å². The smallest absolute Gasteiger partial charge is 0.233 e. The molecule has 0 fully saturated rings. The summed E-state index contributed by atoms with van der Waals surface area (Å²) in [6.07, 6.45) is 1.00. The zero-order chi connectivity index (χ0) is 16.4. The van der Waals surface area contributed by atoms with Crippen LogP contribution < -0.4 is 0 Å². The van der Waals surface area contributed by atoms with Crippen molar-refractivity contribution in [2.24, 2.45) is 0 Å². The molecule has 0 N–H and O–H groups in total. The number of amides is 1. The van der Waals surface area contributed by atoms with Gasteiger partial charge >= 0.3 is 0 Å². The number of benzene rings is 1. The zero-order valence-corrected chi connectivity index (χ0v) is 15.6. The highest BCUT2D eigenvalue weighted by atomic mass is 32.2. The van der Waals surface area contributed by atoms with E-state index in [2.05, 4.69) is 56.5 Å². The van der Waals surface area contributed by atoms with Crippen LogP contribution in [0, 0.1) is 0 Å². The molecule has 1 amide bonds. The van der Waals surface area contributed by atoms with E-state index in [0.29, 0.717) is 5.75 Å². The maximum Gasteiger partial charge on any atom is 0.233 e. The molecule has 0 aliphatic carbocycles. The molecule has 1 aromatic carbocycles. The van der Waals surface area contributed by atoms with Crippen LogP contribution in [0.3, 0.4) is 0 Å². The second kappa shape index (κ2) is 6.70. The van der Waals surface area contributed by atoms with E-state index in [1.807, 2.05) is 16.2 Å². The van der Waals surface area contributed by atoms with Crippen molar-refractivity contribution >= 4 is 29.0 Å².